The van der Waals surface area contributed by atoms with Crippen LogP contribution in [-0.2, 0) is 11.2 Å². The van der Waals surface area contributed by atoms with Gasteiger partial charge in [-0.05, 0) is 24.3 Å². The van der Waals surface area contributed by atoms with Gasteiger partial charge < -0.3 is 15.0 Å². The van der Waals surface area contributed by atoms with Crippen LogP contribution in [0.3, 0.4) is 0 Å². The van der Waals surface area contributed by atoms with Crippen LogP contribution in [0.15, 0.2) is 22.0 Å². The summed E-state index contributed by atoms with van der Waals surface area (Å²) in [5, 5.41) is 5.98. The van der Waals surface area contributed by atoms with Crippen molar-refractivity contribution >= 4 is 11.3 Å². The standard InChI is InChI=1S/C12H17N3O2S/c1-16-6-2-5-10(13)12-14-11(15-17-12)8-9-4-3-7-18-9/h3-4,7,10H,2,5-6,8,13H2,1H3. The lowest BCUT2D eigenvalue weighted by Gasteiger charge is -2.04. The molecule has 0 aromatic carbocycles. The van der Waals surface area contributed by atoms with Crippen molar-refractivity contribution in [2.45, 2.75) is 25.3 Å². The van der Waals surface area contributed by atoms with Crippen LogP contribution in [0.5, 0.6) is 0 Å². The molecule has 5 nitrogen and oxygen atoms in total. The SMILES string of the molecule is COCCCC(N)c1nc(Cc2cccs2)no1. The first-order valence-corrected chi connectivity index (χ1v) is 6.77. The minimum absolute atomic E-state index is 0.204. The number of hydrogen-bond acceptors (Lipinski definition) is 6. The normalized spacial score (nSPS) is 12.8. The molecule has 0 aliphatic heterocycles. The second-order valence-electron chi connectivity index (χ2n) is 4.05. The van der Waals surface area contributed by atoms with Crippen LogP contribution in [0.2, 0.25) is 0 Å². The zero-order valence-corrected chi connectivity index (χ0v) is 11.2. The van der Waals surface area contributed by atoms with Crippen LogP contribution < -0.4 is 5.73 Å². The second-order valence-corrected chi connectivity index (χ2v) is 5.08. The van der Waals surface area contributed by atoms with Crippen LogP contribution in [0.25, 0.3) is 0 Å². The molecule has 0 saturated carbocycles. The maximum Gasteiger partial charge on any atom is 0.243 e. The molecule has 0 aliphatic rings. The third-order valence-corrected chi connectivity index (χ3v) is 3.45. The summed E-state index contributed by atoms with van der Waals surface area (Å²) in [5.41, 5.74) is 5.97. The lowest BCUT2D eigenvalue weighted by molar-refractivity contribution is 0.188. The van der Waals surface area contributed by atoms with Crippen molar-refractivity contribution in [3.05, 3.63) is 34.1 Å². The average Bonchev–Trinajstić information content (AvgIpc) is 3.01. The lowest BCUT2D eigenvalue weighted by Crippen LogP contribution is -2.11. The highest BCUT2D eigenvalue weighted by Crippen LogP contribution is 2.16. The first-order chi connectivity index (χ1) is 8.79. The molecule has 0 aliphatic carbocycles. The molecule has 6 heteroatoms. The summed E-state index contributed by atoms with van der Waals surface area (Å²) in [6.07, 6.45) is 2.38. The summed E-state index contributed by atoms with van der Waals surface area (Å²) >= 11 is 1.68. The summed E-state index contributed by atoms with van der Waals surface area (Å²) in [5.74, 6) is 1.20. The molecule has 18 heavy (non-hydrogen) atoms. The number of aromatic nitrogens is 2. The zero-order chi connectivity index (χ0) is 12.8. The van der Waals surface area contributed by atoms with E-state index < -0.39 is 0 Å². The van der Waals surface area contributed by atoms with E-state index in [0.717, 1.165) is 12.8 Å². The molecule has 2 N–H and O–H groups in total. The highest BCUT2D eigenvalue weighted by molar-refractivity contribution is 7.09. The average molecular weight is 267 g/mol. The van der Waals surface area contributed by atoms with Crippen molar-refractivity contribution in [1.29, 1.82) is 0 Å². The van der Waals surface area contributed by atoms with Gasteiger partial charge in [0.2, 0.25) is 5.89 Å². The molecular formula is C12H17N3O2S. The molecule has 2 heterocycles. The first kappa shape index (κ1) is 13.2. The van der Waals surface area contributed by atoms with Gasteiger partial charge in [0.25, 0.3) is 0 Å². The van der Waals surface area contributed by atoms with E-state index in [9.17, 15) is 0 Å². The number of nitrogens with two attached hydrogens (primary N) is 1. The van der Waals surface area contributed by atoms with Gasteiger partial charge in [-0.2, -0.15) is 4.98 Å². The Hall–Kier alpha value is -1.24. The summed E-state index contributed by atoms with van der Waals surface area (Å²) < 4.78 is 10.2. The Morgan fingerprint density at radius 1 is 1.56 bits per heavy atom. The molecule has 2 rings (SSSR count). The third-order valence-electron chi connectivity index (χ3n) is 2.58. The van der Waals surface area contributed by atoms with Gasteiger partial charge in [0.05, 0.1) is 6.04 Å². The highest BCUT2D eigenvalue weighted by atomic mass is 32.1. The Labute approximate surface area is 110 Å². The Kier molecular flexibility index (Phi) is 4.86. The molecule has 0 spiro atoms. The maximum absolute atomic E-state index is 5.97. The van der Waals surface area contributed by atoms with Crippen molar-refractivity contribution in [2.24, 2.45) is 5.73 Å². The van der Waals surface area contributed by atoms with E-state index in [1.165, 1.54) is 4.88 Å². The number of thiophene rings is 1. The van der Waals surface area contributed by atoms with Crippen molar-refractivity contribution in [3.8, 4) is 0 Å². The van der Waals surface area contributed by atoms with Crippen LogP contribution in [-0.4, -0.2) is 23.9 Å². The molecule has 0 fully saturated rings. The first-order valence-electron chi connectivity index (χ1n) is 5.89. The monoisotopic (exact) mass is 267 g/mol. The fourth-order valence-electron chi connectivity index (χ4n) is 1.63. The van der Waals surface area contributed by atoms with E-state index in [1.807, 2.05) is 11.4 Å². The minimum Gasteiger partial charge on any atom is -0.385 e. The Balaban J connectivity index is 1.89. The molecular weight excluding hydrogens is 250 g/mol. The molecule has 1 unspecified atom stereocenters. The van der Waals surface area contributed by atoms with Gasteiger partial charge in [-0.3, -0.25) is 0 Å². The van der Waals surface area contributed by atoms with Crippen LogP contribution in [0.1, 0.15) is 35.5 Å². The Bertz CT molecular complexity index is 456. The van der Waals surface area contributed by atoms with E-state index in [1.54, 1.807) is 18.4 Å². The number of methoxy groups -OCH3 is 1. The van der Waals surface area contributed by atoms with Crippen molar-refractivity contribution in [1.82, 2.24) is 10.1 Å². The van der Waals surface area contributed by atoms with Gasteiger partial charge in [0.1, 0.15) is 0 Å². The predicted octanol–water partition coefficient (Wildman–Crippen LogP) is 2.15. The molecule has 2 aromatic rings. The fraction of sp³-hybridized carbons (Fsp3) is 0.500. The van der Waals surface area contributed by atoms with Crippen LogP contribution in [0.4, 0.5) is 0 Å². The molecule has 1 atom stereocenters. The van der Waals surface area contributed by atoms with E-state index >= 15 is 0 Å². The van der Waals surface area contributed by atoms with Gasteiger partial charge >= 0.3 is 0 Å². The summed E-state index contributed by atoms with van der Waals surface area (Å²) in [6, 6.07) is 3.86. The van der Waals surface area contributed by atoms with Gasteiger partial charge in [-0.25, -0.2) is 0 Å². The number of hydrogen-bond donors (Lipinski definition) is 1. The third kappa shape index (κ3) is 3.63. The smallest absolute Gasteiger partial charge is 0.243 e. The Morgan fingerprint density at radius 2 is 2.44 bits per heavy atom. The molecule has 0 amide bonds. The molecule has 0 saturated heterocycles. The largest absolute Gasteiger partial charge is 0.385 e. The molecule has 98 valence electrons. The van der Waals surface area contributed by atoms with Crippen molar-refractivity contribution < 1.29 is 9.26 Å². The predicted molar refractivity (Wildman–Crippen MR) is 69.5 cm³/mol. The highest BCUT2D eigenvalue weighted by Gasteiger charge is 2.14. The fourth-order valence-corrected chi connectivity index (χ4v) is 2.33. The summed E-state index contributed by atoms with van der Waals surface area (Å²) in [4.78, 5) is 5.54. The number of rotatable bonds is 7. The minimum atomic E-state index is -0.204. The summed E-state index contributed by atoms with van der Waals surface area (Å²) in [6.45, 7) is 0.698. The number of ether oxygens (including phenoxy) is 1. The zero-order valence-electron chi connectivity index (χ0n) is 10.3. The second kappa shape index (κ2) is 6.63. The molecule has 0 radical (unpaired) electrons. The van der Waals surface area contributed by atoms with Gasteiger partial charge in [0, 0.05) is 25.0 Å². The molecule has 2 aromatic heterocycles. The molecule has 0 bridgehead atoms. The van der Waals surface area contributed by atoms with E-state index in [-0.39, 0.29) is 6.04 Å². The van der Waals surface area contributed by atoms with Gasteiger partial charge in [-0.15, -0.1) is 11.3 Å². The number of nitrogens with zero attached hydrogens (tertiary/aromatic N) is 2. The Morgan fingerprint density at radius 3 is 3.17 bits per heavy atom. The van der Waals surface area contributed by atoms with E-state index in [2.05, 4.69) is 16.2 Å². The topological polar surface area (TPSA) is 74.2 Å². The van der Waals surface area contributed by atoms with Crippen LogP contribution >= 0.6 is 11.3 Å². The maximum atomic E-state index is 5.97. The van der Waals surface area contributed by atoms with Crippen molar-refractivity contribution in [3.63, 3.8) is 0 Å². The van der Waals surface area contributed by atoms with E-state index in [4.69, 9.17) is 15.0 Å². The van der Waals surface area contributed by atoms with Crippen LogP contribution in [0, 0.1) is 0 Å². The van der Waals surface area contributed by atoms with E-state index in [0.29, 0.717) is 24.7 Å². The van der Waals surface area contributed by atoms with Crippen molar-refractivity contribution in [2.75, 3.05) is 13.7 Å². The van der Waals surface area contributed by atoms with Gasteiger partial charge in [-0.1, -0.05) is 11.2 Å². The van der Waals surface area contributed by atoms with Gasteiger partial charge in [0.15, 0.2) is 5.82 Å². The quantitative estimate of drug-likeness (QED) is 0.778. The summed E-state index contributed by atoms with van der Waals surface area (Å²) in [7, 11) is 1.68. The lowest BCUT2D eigenvalue weighted by atomic mass is 10.2.